The van der Waals surface area contributed by atoms with Gasteiger partial charge in [-0.25, -0.2) is 4.79 Å². The normalized spacial score (nSPS) is 24.3. The Kier molecular flexibility index (Phi) is 4.16. The van der Waals surface area contributed by atoms with Gasteiger partial charge in [-0.2, -0.15) is 0 Å². The number of piperidine rings is 1. The molecule has 1 aromatic rings. The Bertz CT molecular complexity index is 393. The molecular weight excluding hydrogens is 248 g/mol. The van der Waals surface area contributed by atoms with Crippen molar-refractivity contribution in [2.45, 2.75) is 27.2 Å². The maximum Gasteiger partial charge on any atom is 0.323 e. The average molecular weight is 268 g/mol. The van der Waals surface area contributed by atoms with Gasteiger partial charge in [0.1, 0.15) is 5.51 Å². The van der Waals surface area contributed by atoms with Gasteiger partial charge < -0.3 is 4.90 Å². The molecule has 0 aromatic carbocycles. The maximum atomic E-state index is 12.1. The zero-order valence-electron chi connectivity index (χ0n) is 11.1. The molecule has 0 bridgehead atoms. The average Bonchev–Trinajstić information content (AvgIpc) is 2.81. The first kappa shape index (κ1) is 13.3. The van der Waals surface area contributed by atoms with Gasteiger partial charge in [0.25, 0.3) is 0 Å². The molecular formula is C12H20N4OS. The van der Waals surface area contributed by atoms with Gasteiger partial charge in [0, 0.05) is 13.1 Å². The fraction of sp³-hybridized carbons (Fsp3) is 0.750. The molecule has 1 aromatic heterocycles. The summed E-state index contributed by atoms with van der Waals surface area (Å²) in [6.45, 7) is 8.41. The lowest BCUT2D eigenvalue weighted by molar-refractivity contribution is 0.119. The zero-order valence-corrected chi connectivity index (χ0v) is 11.9. The van der Waals surface area contributed by atoms with Gasteiger partial charge in [0.15, 0.2) is 0 Å². The summed E-state index contributed by atoms with van der Waals surface area (Å²) in [6, 6.07) is -0.0516. The maximum absolute atomic E-state index is 12.1. The van der Waals surface area contributed by atoms with Gasteiger partial charge in [0.05, 0.1) is 0 Å². The summed E-state index contributed by atoms with van der Waals surface area (Å²) in [5, 5.41) is 10.9. The van der Waals surface area contributed by atoms with Crippen molar-refractivity contribution >= 4 is 22.5 Å². The lowest BCUT2D eigenvalue weighted by Crippen LogP contribution is -2.46. The van der Waals surface area contributed by atoms with Crippen LogP contribution in [0.25, 0.3) is 0 Å². The number of carbonyl (C=O) groups is 1. The molecule has 2 atom stereocenters. The van der Waals surface area contributed by atoms with E-state index in [9.17, 15) is 4.79 Å². The number of anilines is 1. The third-order valence-electron chi connectivity index (χ3n) is 3.73. The van der Waals surface area contributed by atoms with Crippen LogP contribution in [-0.2, 0) is 0 Å². The minimum atomic E-state index is -0.0516. The highest BCUT2D eigenvalue weighted by atomic mass is 32.1. The van der Waals surface area contributed by atoms with Crippen LogP contribution in [0.4, 0.5) is 9.93 Å². The van der Waals surface area contributed by atoms with E-state index in [4.69, 9.17) is 0 Å². The van der Waals surface area contributed by atoms with Crippen LogP contribution in [0.5, 0.6) is 0 Å². The van der Waals surface area contributed by atoms with Crippen LogP contribution in [0, 0.1) is 17.8 Å². The smallest absolute Gasteiger partial charge is 0.323 e. The zero-order chi connectivity index (χ0) is 13.1. The Labute approximate surface area is 112 Å². The van der Waals surface area contributed by atoms with Gasteiger partial charge >= 0.3 is 6.03 Å². The Morgan fingerprint density at radius 2 is 2.39 bits per heavy atom. The predicted octanol–water partition coefficient (Wildman–Crippen LogP) is 2.68. The van der Waals surface area contributed by atoms with Gasteiger partial charge in [-0.1, -0.05) is 32.1 Å². The molecule has 100 valence electrons. The molecule has 0 aliphatic carbocycles. The molecule has 2 rings (SSSR count). The Balaban J connectivity index is 1.95. The lowest BCUT2D eigenvalue weighted by Gasteiger charge is -2.38. The molecule has 0 spiro atoms. The number of nitrogens with one attached hydrogen (secondary N) is 1. The van der Waals surface area contributed by atoms with Crippen LogP contribution < -0.4 is 5.32 Å². The second kappa shape index (κ2) is 5.65. The molecule has 0 saturated carbocycles. The molecule has 1 N–H and O–H groups in total. The highest BCUT2D eigenvalue weighted by molar-refractivity contribution is 7.13. The molecule has 2 amide bonds. The number of hydrogen-bond acceptors (Lipinski definition) is 4. The molecule has 1 aliphatic heterocycles. The van der Waals surface area contributed by atoms with Crippen LogP contribution in [-0.4, -0.2) is 34.2 Å². The van der Waals surface area contributed by atoms with E-state index < -0.39 is 0 Å². The largest absolute Gasteiger partial charge is 0.324 e. The molecule has 1 saturated heterocycles. The minimum Gasteiger partial charge on any atom is -0.324 e. The summed E-state index contributed by atoms with van der Waals surface area (Å²) in [5.41, 5.74) is 1.62. The fourth-order valence-corrected chi connectivity index (χ4v) is 2.98. The van der Waals surface area contributed by atoms with Crippen LogP contribution in [0.2, 0.25) is 0 Å². The fourth-order valence-electron chi connectivity index (χ4n) is 2.55. The minimum absolute atomic E-state index is 0.0516. The van der Waals surface area contributed by atoms with Crippen LogP contribution >= 0.6 is 11.3 Å². The third kappa shape index (κ3) is 2.98. The summed E-state index contributed by atoms with van der Waals surface area (Å²) in [4.78, 5) is 14.0. The Morgan fingerprint density at radius 3 is 3.00 bits per heavy atom. The van der Waals surface area contributed by atoms with E-state index in [0.717, 1.165) is 19.5 Å². The highest BCUT2D eigenvalue weighted by Gasteiger charge is 2.30. The summed E-state index contributed by atoms with van der Waals surface area (Å²) < 4.78 is 0. The number of hydrogen-bond donors (Lipinski definition) is 1. The Morgan fingerprint density at radius 1 is 1.61 bits per heavy atom. The van der Waals surface area contributed by atoms with Gasteiger partial charge in [-0.3, -0.25) is 5.32 Å². The number of aromatic nitrogens is 2. The lowest BCUT2D eigenvalue weighted by atomic mass is 9.80. The highest BCUT2D eigenvalue weighted by Crippen LogP contribution is 2.29. The number of amides is 2. The van der Waals surface area contributed by atoms with Crippen LogP contribution in [0.1, 0.15) is 27.2 Å². The van der Waals surface area contributed by atoms with Crippen molar-refractivity contribution in [1.82, 2.24) is 15.1 Å². The predicted molar refractivity (Wildman–Crippen MR) is 72.6 cm³/mol. The number of carbonyl (C=O) groups excluding carboxylic acids is 1. The van der Waals surface area contributed by atoms with Crippen molar-refractivity contribution in [3.05, 3.63) is 5.51 Å². The molecule has 18 heavy (non-hydrogen) atoms. The number of urea groups is 1. The topological polar surface area (TPSA) is 58.1 Å². The second-order valence-corrected chi connectivity index (χ2v) is 6.13. The first-order chi connectivity index (χ1) is 8.58. The molecule has 0 radical (unpaired) electrons. The molecule has 5 nitrogen and oxygen atoms in total. The first-order valence-corrected chi connectivity index (χ1v) is 7.28. The standard InChI is InChI=1S/C12H20N4OS/c1-8(2)10-6-16(5-4-9(10)3)12(17)14-11-15-13-7-18-11/h7-10H,4-6H2,1-3H3,(H,14,15,17). The third-order valence-corrected chi connectivity index (χ3v) is 4.34. The molecule has 2 heterocycles. The summed E-state index contributed by atoms with van der Waals surface area (Å²) in [5.74, 6) is 1.88. The van der Waals surface area contributed by atoms with Gasteiger partial charge in [-0.05, 0) is 24.2 Å². The van der Waals surface area contributed by atoms with Crippen LogP contribution in [0.3, 0.4) is 0 Å². The van der Waals surface area contributed by atoms with Crippen molar-refractivity contribution < 1.29 is 4.79 Å². The van der Waals surface area contributed by atoms with Gasteiger partial charge in [-0.15, -0.1) is 10.2 Å². The summed E-state index contributed by atoms with van der Waals surface area (Å²) in [7, 11) is 0. The van der Waals surface area contributed by atoms with Crippen molar-refractivity contribution in [1.29, 1.82) is 0 Å². The first-order valence-electron chi connectivity index (χ1n) is 6.40. The van der Waals surface area contributed by atoms with Crippen molar-refractivity contribution in [2.24, 2.45) is 17.8 Å². The molecule has 1 fully saturated rings. The molecule has 1 aliphatic rings. The van der Waals surface area contributed by atoms with Crippen molar-refractivity contribution in [3.63, 3.8) is 0 Å². The van der Waals surface area contributed by atoms with E-state index in [0.29, 0.717) is 22.9 Å². The van der Waals surface area contributed by atoms with Crippen molar-refractivity contribution in [3.8, 4) is 0 Å². The summed E-state index contributed by atoms with van der Waals surface area (Å²) in [6.07, 6.45) is 1.08. The van der Waals surface area contributed by atoms with E-state index in [1.54, 1.807) is 5.51 Å². The molecule has 6 heteroatoms. The van der Waals surface area contributed by atoms with E-state index in [1.165, 1.54) is 11.3 Å². The number of likely N-dealkylation sites (tertiary alicyclic amines) is 1. The van der Waals surface area contributed by atoms with Crippen molar-refractivity contribution in [2.75, 3.05) is 18.4 Å². The SMILES string of the molecule is CC(C)C1CN(C(=O)Nc2nncs2)CCC1C. The second-order valence-electron chi connectivity index (χ2n) is 5.29. The number of rotatable bonds is 2. The monoisotopic (exact) mass is 268 g/mol. The number of nitrogens with zero attached hydrogens (tertiary/aromatic N) is 3. The van der Waals surface area contributed by atoms with E-state index in [1.807, 2.05) is 4.90 Å². The molecule has 2 unspecified atom stereocenters. The van der Waals surface area contributed by atoms with Gasteiger partial charge in [0.2, 0.25) is 5.13 Å². The van der Waals surface area contributed by atoms with Crippen LogP contribution in [0.15, 0.2) is 5.51 Å². The Hall–Kier alpha value is -1.17. The quantitative estimate of drug-likeness (QED) is 0.897. The van der Waals surface area contributed by atoms with E-state index in [2.05, 4.69) is 36.3 Å². The van der Waals surface area contributed by atoms with E-state index in [-0.39, 0.29) is 6.03 Å². The summed E-state index contributed by atoms with van der Waals surface area (Å²) >= 11 is 1.34. The van der Waals surface area contributed by atoms with E-state index >= 15 is 0 Å².